The number of nitrogen functional groups attached to an aromatic ring is 1. The van der Waals surface area contributed by atoms with E-state index in [9.17, 15) is 8.42 Å². The van der Waals surface area contributed by atoms with Crippen LogP contribution in [0.5, 0.6) is 0 Å². The van der Waals surface area contributed by atoms with Crippen molar-refractivity contribution in [3.05, 3.63) is 48.3 Å². The van der Waals surface area contributed by atoms with E-state index in [1.807, 2.05) is 0 Å². The lowest BCUT2D eigenvalue weighted by atomic mass is 10.1. The van der Waals surface area contributed by atoms with Gasteiger partial charge in [-0.3, -0.25) is 0 Å². The fourth-order valence-electron chi connectivity index (χ4n) is 1.63. The highest BCUT2D eigenvalue weighted by Crippen LogP contribution is 2.17. The molecule has 1 aromatic carbocycles. The van der Waals surface area contributed by atoms with E-state index in [1.54, 1.807) is 37.4 Å². The summed E-state index contributed by atoms with van der Waals surface area (Å²) in [5, 5.41) is 0. The van der Waals surface area contributed by atoms with Crippen molar-refractivity contribution in [2.75, 3.05) is 5.73 Å². The molecule has 0 aliphatic carbocycles. The number of nitrogens with one attached hydrogen (secondary N) is 2. The van der Waals surface area contributed by atoms with Crippen LogP contribution in [-0.2, 0) is 10.0 Å². The van der Waals surface area contributed by atoms with Crippen molar-refractivity contribution in [2.24, 2.45) is 0 Å². The Balaban J connectivity index is 2.17. The van der Waals surface area contributed by atoms with Gasteiger partial charge in [-0.05, 0) is 30.7 Å². The number of aromatic nitrogens is 1. The first-order valence-corrected chi connectivity index (χ1v) is 6.98. The van der Waals surface area contributed by atoms with E-state index in [0.29, 0.717) is 5.69 Å². The van der Waals surface area contributed by atoms with Gasteiger partial charge in [0.05, 0.1) is 4.90 Å². The quantitative estimate of drug-likeness (QED) is 0.734. The molecule has 18 heavy (non-hydrogen) atoms. The number of nitrogens with two attached hydrogens (primary N) is 1. The van der Waals surface area contributed by atoms with E-state index in [1.165, 1.54) is 12.3 Å². The van der Waals surface area contributed by atoms with Crippen molar-refractivity contribution < 1.29 is 8.42 Å². The zero-order chi connectivity index (χ0) is 13.2. The normalized spacial score (nSPS) is 13.4. The molecule has 1 atom stereocenters. The summed E-state index contributed by atoms with van der Waals surface area (Å²) >= 11 is 0. The first-order valence-electron chi connectivity index (χ1n) is 5.49. The van der Waals surface area contributed by atoms with Gasteiger partial charge in [-0.15, -0.1) is 0 Å². The molecule has 0 saturated heterocycles. The Morgan fingerprint density at radius 1 is 1.22 bits per heavy atom. The Hall–Kier alpha value is -1.79. The van der Waals surface area contributed by atoms with E-state index in [2.05, 4.69) is 9.71 Å². The highest BCUT2D eigenvalue weighted by atomic mass is 32.2. The van der Waals surface area contributed by atoms with Crippen LogP contribution in [0.2, 0.25) is 0 Å². The highest BCUT2D eigenvalue weighted by molar-refractivity contribution is 7.89. The van der Waals surface area contributed by atoms with Crippen molar-refractivity contribution in [1.82, 2.24) is 9.71 Å². The number of benzene rings is 1. The highest BCUT2D eigenvalue weighted by Gasteiger charge is 2.18. The third-order valence-electron chi connectivity index (χ3n) is 2.65. The van der Waals surface area contributed by atoms with Gasteiger partial charge in [0.25, 0.3) is 0 Å². The minimum Gasteiger partial charge on any atom is -0.399 e. The Bertz CT molecular complexity index is 603. The molecule has 0 aliphatic rings. The Morgan fingerprint density at radius 3 is 2.44 bits per heavy atom. The molecule has 96 valence electrons. The third kappa shape index (κ3) is 2.72. The second-order valence-corrected chi connectivity index (χ2v) is 5.77. The summed E-state index contributed by atoms with van der Waals surface area (Å²) in [6.07, 6.45) is 3.01. The molecule has 5 nitrogen and oxygen atoms in total. The zero-order valence-corrected chi connectivity index (χ0v) is 10.7. The molecule has 0 spiro atoms. The van der Waals surface area contributed by atoms with Crippen molar-refractivity contribution in [3.63, 3.8) is 0 Å². The minimum atomic E-state index is -3.49. The van der Waals surface area contributed by atoms with Gasteiger partial charge in [0.15, 0.2) is 0 Å². The standard InChI is InChI=1S/C12H15N3O2S/c1-9(10-2-4-11(13)5-3-10)15-18(16,17)12-6-7-14-8-12/h2-9,14-15H,13H2,1H3. The molecule has 2 aromatic rings. The topological polar surface area (TPSA) is 88.0 Å². The summed E-state index contributed by atoms with van der Waals surface area (Å²) in [7, 11) is -3.49. The summed E-state index contributed by atoms with van der Waals surface area (Å²) < 4.78 is 26.6. The second kappa shape index (κ2) is 4.83. The van der Waals surface area contributed by atoms with Crippen molar-refractivity contribution in [3.8, 4) is 0 Å². The number of anilines is 1. The van der Waals surface area contributed by atoms with Gasteiger partial charge in [-0.2, -0.15) is 0 Å². The van der Waals surface area contributed by atoms with Crippen LogP contribution in [0.25, 0.3) is 0 Å². The molecule has 1 unspecified atom stereocenters. The maximum atomic E-state index is 12.0. The van der Waals surface area contributed by atoms with Crippen LogP contribution in [0.15, 0.2) is 47.6 Å². The summed E-state index contributed by atoms with van der Waals surface area (Å²) in [6, 6.07) is 8.30. The molecular weight excluding hydrogens is 250 g/mol. The van der Waals surface area contributed by atoms with E-state index >= 15 is 0 Å². The van der Waals surface area contributed by atoms with Crippen molar-refractivity contribution >= 4 is 15.7 Å². The maximum Gasteiger partial charge on any atom is 0.242 e. The zero-order valence-electron chi connectivity index (χ0n) is 9.92. The van der Waals surface area contributed by atoms with Crippen LogP contribution < -0.4 is 10.5 Å². The molecule has 0 amide bonds. The van der Waals surface area contributed by atoms with Gasteiger partial charge < -0.3 is 10.7 Å². The molecule has 0 saturated carbocycles. The van der Waals surface area contributed by atoms with Gasteiger partial charge in [-0.1, -0.05) is 12.1 Å². The van der Waals surface area contributed by atoms with Crippen LogP contribution in [0.1, 0.15) is 18.5 Å². The van der Waals surface area contributed by atoms with Gasteiger partial charge in [0, 0.05) is 24.1 Å². The number of hydrogen-bond acceptors (Lipinski definition) is 3. The average molecular weight is 265 g/mol. The number of H-pyrrole nitrogens is 1. The second-order valence-electron chi connectivity index (χ2n) is 4.06. The van der Waals surface area contributed by atoms with Crippen molar-refractivity contribution in [1.29, 1.82) is 0 Å². The Morgan fingerprint density at radius 2 is 1.89 bits per heavy atom. The predicted molar refractivity (Wildman–Crippen MR) is 70.4 cm³/mol. The lowest BCUT2D eigenvalue weighted by molar-refractivity contribution is 0.567. The largest absolute Gasteiger partial charge is 0.399 e. The number of sulfonamides is 1. The Labute approximate surface area is 106 Å². The molecule has 1 heterocycles. The SMILES string of the molecule is CC(NS(=O)(=O)c1cc[nH]c1)c1ccc(N)cc1. The van der Waals surface area contributed by atoms with E-state index in [0.717, 1.165) is 5.56 Å². The van der Waals surface area contributed by atoms with Crippen LogP contribution in [0.4, 0.5) is 5.69 Å². The molecule has 0 bridgehead atoms. The lowest BCUT2D eigenvalue weighted by Crippen LogP contribution is -2.26. The van der Waals surface area contributed by atoms with Gasteiger partial charge >= 0.3 is 0 Å². The fraction of sp³-hybridized carbons (Fsp3) is 0.167. The molecule has 2 rings (SSSR count). The molecule has 1 aromatic heterocycles. The predicted octanol–water partition coefficient (Wildman–Crippen LogP) is 1.64. The average Bonchev–Trinajstić information content (AvgIpc) is 2.83. The van der Waals surface area contributed by atoms with E-state index in [-0.39, 0.29) is 10.9 Å². The van der Waals surface area contributed by atoms with Gasteiger partial charge in [0.1, 0.15) is 0 Å². The molecular formula is C12H15N3O2S. The monoisotopic (exact) mass is 265 g/mol. The smallest absolute Gasteiger partial charge is 0.242 e. The molecule has 0 radical (unpaired) electrons. The summed E-state index contributed by atoms with van der Waals surface area (Å²) in [4.78, 5) is 2.95. The maximum absolute atomic E-state index is 12.0. The number of hydrogen-bond donors (Lipinski definition) is 3. The van der Waals surface area contributed by atoms with E-state index < -0.39 is 10.0 Å². The van der Waals surface area contributed by atoms with Gasteiger partial charge in [-0.25, -0.2) is 13.1 Å². The van der Waals surface area contributed by atoms with Crippen LogP contribution in [0.3, 0.4) is 0 Å². The van der Waals surface area contributed by atoms with Crippen molar-refractivity contribution in [2.45, 2.75) is 17.9 Å². The van der Waals surface area contributed by atoms with Crippen LogP contribution >= 0.6 is 0 Å². The van der Waals surface area contributed by atoms with Crippen LogP contribution in [0, 0.1) is 0 Å². The minimum absolute atomic E-state index is 0.227. The first-order chi connectivity index (χ1) is 8.49. The third-order valence-corrected chi connectivity index (χ3v) is 4.19. The first kappa shape index (κ1) is 12.7. The molecule has 4 N–H and O–H groups in total. The summed E-state index contributed by atoms with van der Waals surface area (Å²) in [5.74, 6) is 0. The summed E-state index contributed by atoms with van der Waals surface area (Å²) in [6.45, 7) is 1.79. The number of rotatable bonds is 4. The molecule has 6 heteroatoms. The van der Waals surface area contributed by atoms with Crippen LogP contribution in [-0.4, -0.2) is 13.4 Å². The van der Waals surface area contributed by atoms with Gasteiger partial charge in [0.2, 0.25) is 10.0 Å². The molecule has 0 fully saturated rings. The number of aromatic amines is 1. The summed E-state index contributed by atoms with van der Waals surface area (Å²) in [5.41, 5.74) is 7.10. The Kier molecular flexibility index (Phi) is 3.40. The lowest BCUT2D eigenvalue weighted by Gasteiger charge is -2.14. The molecule has 0 aliphatic heterocycles. The van der Waals surface area contributed by atoms with E-state index in [4.69, 9.17) is 5.73 Å². The fourth-order valence-corrected chi connectivity index (χ4v) is 2.84.